The highest BCUT2D eigenvalue weighted by atomic mass is 16.5. The highest BCUT2D eigenvalue weighted by molar-refractivity contribution is 5.74. The number of rotatable bonds is 6. The second-order valence-electron chi connectivity index (χ2n) is 8.10. The minimum atomic E-state index is -0.740. The number of likely N-dealkylation sites (tertiary alicyclic amines) is 1. The standard InChI is InChI=1S/C26H27N3O4/c1-18(31)26-27-13-14-29(26)23(17-30)10-5-20-3-6-21(7-4-20)22-8-11-24(12-9-22)33-25-15-28(16-25)19(2)32/h3-4,6-9,11-14,18,23,25,30-31H,15-17H2,1-2H3/t18-,23-/m0/s1. The maximum Gasteiger partial charge on any atom is 0.219 e. The lowest BCUT2D eigenvalue weighted by Crippen LogP contribution is -2.55. The molecular formula is C26H27N3O4. The largest absolute Gasteiger partial charge is 0.487 e. The van der Waals surface area contributed by atoms with Gasteiger partial charge in [0, 0.05) is 24.9 Å². The van der Waals surface area contributed by atoms with Crippen LogP contribution in [0.5, 0.6) is 5.75 Å². The van der Waals surface area contributed by atoms with Crippen molar-refractivity contribution in [3.8, 4) is 28.7 Å². The Balaban J connectivity index is 1.39. The van der Waals surface area contributed by atoms with E-state index in [2.05, 4.69) is 16.8 Å². The Hall–Kier alpha value is -3.60. The molecule has 170 valence electrons. The van der Waals surface area contributed by atoms with Crippen LogP contribution < -0.4 is 4.74 Å². The number of hydrogen-bond acceptors (Lipinski definition) is 5. The number of aliphatic hydroxyl groups excluding tert-OH is 2. The zero-order valence-corrected chi connectivity index (χ0v) is 18.7. The Morgan fingerprint density at radius 1 is 1.15 bits per heavy atom. The van der Waals surface area contributed by atoms with E-state index in [1.807, 2.05) is 48.5 Å². The lowest BCUT2D eigenvalue weighted by Gasteiger charge is -2.38. The zero-order chi connectivity index (χ0) is 23.4. The van der Waals surface area contributed by atoms with Crippen molar-refractivity contribution in [2.24, 2.45) is 0 Å². The lowest BCUT2D eigenvalue weighted by molar-refractivity contribution is -0.137. The predicted molar refractivity (Wildman–Crippen MR) is 124 cm³/mol. The first kappa shape index (κ1) is 22.6. The van der Waals surface area contributed by atoms with Crippen molar-refractivity contribution in [3.63, 3.8) is 0 Å². The summed E-state index contributed by atoms with van der Waals surface area (Å²) in [5.41, 5.74) is 2.95. The van der Waals surface area contributed by atoms with Crippen LogP contribution in [0.4, 0.5) is 0 Å². The smallest absolute Gasteiger partial charge is 0.219 e. The third-order valence-corrected chi connectivity index (χ3v) is 5.63. The van der Waals surface area contributed by atoms with E-state index >= 15 is 0 Å². The first-order valence-corrected chi connectivity index (χ1v) is 10.9. The molecule has 1 aliphatic rings. The maximum atomic E-state index is 11.3. The number of nitrogens with zero attached hydrogens (tertiary/aromatic N) is 3. The van der Waals surface area contributed by atoms with E-state index in [0.29, 0.717) is 18.9 Å². The van der Waals surface area contributed by atoms with Gasteiger partial charge in [0.15, 0.2) is 0 Å². The van der Waals surface area contributed by atoms with Gasteiger partial charge in [-0.15, -0.1) is 0 Å². The van der Waals surface area contributed by atoms with Crippen molar-refractivity contribution in [3.05, 3.63) is 72.3 Å². The highest BCUT2D eigenvalue weighted by Crippen LogP contribution is 2.25. The van der Waals surface area contributed by atoms with Crippen LogP contribution in [0.25, 0.3) is 11.1 Å². The van der Waals surface area contributed by atoms with Gasteiger partial charge in [0.05, 0.1) is 19.7 Å². The number of benzene rings is 2. The number of ether oxygens (including phenoxy) is 1. The average Bonchev–Trinajstić information content (AvgIpc) is 3.27. The Morgan fingerprint density at radius 2 is 1.79 bits per heavy atom. The molecule has 0 bridgehead atoms. The normalized spacial score (nSPS) is 15.2. The lowest BCUT2D eigenvalue weighted by atomic mass is 10.0. The van der Waals surface area contributed by atoms with Gasteiger partial charge in [-0.3, -0.25) is 4.79 Å². The molecule has 0 unspecified atom stereocenters. The molecule has 4 rings (SSSR count). The van der Waals surface area contributed by atoms with Gasteiger partial charge in [0.25, 0.3) is 0 Å². The number of aromatic nitrogens is 2. The second kappa shape index (κ2) is 9.90. The van der Waals surface area contributed by atoms with Crippen LogP contribution in [0.15, 0.2) is 60.9 Å². The quantitative estimate of drug-likeness (QED) is 0.570. The van der Waals surface area contributed by atoms with E-state index in [1.165, 1.54) is 0 Å². The van der Waals surface area contributed by atoms with Crippen LogP contribution in [-0.4, -0.2) is 56.4 Å². The Kier molecular flexibility index (Phi) is 6.78. The zero-order valence-electron chi connectivity index (χ0n) is 18.7. The Labute approximate surface area is 193 Å². The van der Waals surface area contributed by atoms with Gasteiger partial charge < -0.3 is 24.4 Å². The Morgan fingerprint density at radius 3 is 2.36 bits per heavy atom. The molecule has 1 aromatic heterocycles. The topological polar surface area (TPSA) is 87.8 Å². The molecular weight excluding hydrogens is 418 g/mol. The summed E-state index contributed by atoms with van der Waals surface area (Å²) in [6, 6.07) is 15.3. The summed E-state index contributed by atoms with van der Waals surface area (Å²) < 4.78 is 7.60. The van der Waals surface area contributed by atoms with Crippen LogP contribution in [0.1, 0.15) is 37.4 Å². The van der Waals surface area contributed by atoms with Crippen molar-refractivity contribution in [1.82, 2.24) is 14.5 Å². The van der Waals surface area contributed by atoms with Gasteiger partial charge in [-0.25, -0.2) is 4.98 Å². The summed E-state index contributed by atoms with van der Waals surface area (Å²) in [4.78, 5) is 17.2. The van der Waals surface area contributed by atoms with E-state index in [1.54, 1.807) is 35.7 Å². The highest BCUT2D eigenvalue weighted by Gasteiger charge is 2.30. The fraction of sp³-hybridized carbons (Fsp3) is 0.308. The molecule has 2 N–H and O–H groups in total. The number of hydrogen-bond donors (Lipinski definition) is 2. The molecule has 2 aromatic carbocycles. The van der Waals surface area contributed by atoms with Crippen LogP contribution in [-0.2, 0) is 4.79 Å². The molecule has 0 radical (unpaired) electrons. The van der Waals surface area contributed by atoms with Crippen molar-refractivity contribution in [2.75, 3.05) is 19.7 Å². The minimum absolute atomic E-state index is 0.0549. The van der Waals surface area contributed by atoms with E-state index in [9.17, 15) is 15.0 Å². The van der Waals surface area contributed by atoms with E-state index < -0.39 is 12.1 Å². The number of carbonyl (C=O) groups excluding carboxylic acids is 1. The molecule has 1 fully saturated rings. The van der Waals surface area contributed by atoms with E-state index in [0.717, 1.165) is 22.4 Å². The summed E-state index contributed by atoms with van der Waals surface area (Å²) in [5.74, 6) is 7.50. The maximum absolute atomic E-state index is 11.3. The third-order valence-electron chi connectivity index (χ3n) is 5.63. The number of amides is 1. The van der Waals surface area contributed by atoms with Gasteiger partial charge in [0.2, 0.25) is 5.91 Å². The monoisotopic (exact) mass is 445 g/mol. The molecule has 1 amide bonds. The second-order valence-corrected chi connectivity index (χ2v) is 8.10. The van der Waals surface area contributed by atoms with Crippen LogP contribution in [0.3, 0.4) is 0 Å². The first-order valence-electron chi connectivity index (χ1n) is 10.9. The molecule has 0 aliphatic carbocycles. The van der Waals surface area contributed by atoms with Gasteiger partial charge in [-0.05, 0) is 42.3 Å². The molecule has 7 heteroatoms. The summed E-state index contributed by atoms with van der Waals surface area (Å²) >= 11 is 0. The molecule has 2 atom stereocenters. The van der Waals surface area contributed by atoms with Crippen molar-refractivity contribution in [2.45, 2.75) is 32.1 Å². The Bertz CT molecular complexity index is 1150. The average molecular weight is 446 g/mol. The van der Waals surface area contributed by atoms with Crippen LogP contribution in [0.2, 0.25) is 0 Å². The first-order chi connectivity index (χ1) is 15.9. The molecule has 0 spiro atoms. The predicted octanol–water partition coefficient (Wildman–Crippen LogP) is 2.80. The molecule has 7 nitrogen and oxygen atoms in total. The molecule has 1 saturated heterocycles. The van der Waals surface area contributed by atoms with Gasteiger partial charge in [0.1, 0.15) is 29.8 Å². The van der Waals surface area contributed by atoms with Crippen LogP contribution >= 0.6 is 0 Å². The summed E-state index contributed by atoms with van der Waals surface area (Å²) in [7, 11) is 0. The molecule has 1 aliphatic heterocycles. The van der Waals surface area contributed by atoms with E-state index in [-0.39, 0.29) is 18.6 Å². The van der Waals surface area contributed by atoms with E-state index in [4.69, 9.17) is 4.74 Å². The summed E-state index contributed by atoms with van der Waals surface area (Å²) in [6.07, 6.45) is 2.61. The number of carbonyl (C=O) groups is 1. The number of aliphatic hydroxyl groups is 2. The number of imidazole rings is 1. The molecule has 33 heavy (non-hydrogen) atoms. The third kappa shape index (κ3) is 5.25. The van der Waals surface area contributed by atoms with Crippen molar-refractivity contribution in [1.29, 1.82) is 0 Å². The molecule has 2 heterocycles. The fourth-order valence-electron chi connectivity index (χ4n) is 3.72. The van der Waals surface area contributed by atoms with Gasteiger partial charge in [-0.1, -0.05) is 36.1 Å². The summed E-state index contributed by atoms with van der Waals surface area (Å²) in [6.45, 7) is 4.30. The van der Waals surface area contributed by atoms with Gasteiger partial charge in [-0.2, -0.15) is 0 Å². The summed E-state index contributed by atoms with van der Waals surface area (Å²) in [5, 5.41) is 19.6. The van der Waals surface area contributed by atoms with Crippen LogP contribution in [0, 0.1) is 11.8 Å². The van der Waals surface area contributed by atoms with Gasteiger partial charge >= 0.3 is 0 Å². The molecule has 0 saturated carbocycles. The molecule has 3 aromatic rings. The fourth-order valence-corrected chi connectivity index (χ4v) is 3.72. The minimum Gasteiger partial charge on any atom is -0.487 e. The SMILES string of the molecule is CC(=O)N1CC(Oc2ccc(-c3ccc(C#C[C@@H](CO)n4ccnc4[C@H](C)O)cc3)cc2)C1. The van der Waals surface area contributed by atoms with Crippen molar-refractivity contribution < 1.29 is 19.7 Å². The van der Waals surface area contributed by atoms with Crippen molar-refractivity contribution >= 4 is 5.91 Å².